The van der Waals surface area contributed by atoms with Crippen LogP contribution in [0.3, 0.4) is 0 Å². The van der Waals surface area contributed by atoms with E-state index in [-0.39, 0.29) is 0 Å². The first-order valence-corrected chi connectivity index (χ1v) is 7.58. The van der Waals surface area contributed by atoms with Crippen molar-refractivity contribution in [3.05, 3.63) is 36.5 Å². The summed E-state index contributed by atoms with van der Waals surface area (Å²) in [5.74, 6) is -0.581. The molecule has 0 radical (unpaired) electrons. The molecule has 0 N–H and O–H groups in total. The molecule has 0 bridgehead atoms. The number of aromatic nitrogens is 5. The van der Waals surface area contributed by atoms with Crippen molar-refractivity contribution in [1.82, 2.24) is 24.8 Å². The standard InChI is InChI=1S/C14H13N5O2S/c1-2-10(14(20)21)22-12-7-6-11-16-17-13(19(11)18-12)9-5-3-4-8-15-9/h3-8,10H,2H2,1H3,(H,20,21)/p-1/t10-/m0/s1. The van der Waals surface area contributed by atoms with Crippen LogP contribution in [-0.2, 0) is 4.79 Å². The van der Waals surface area contributed by atoms with Gasteiger partial charge in [0.25, 0.3) is 0 Å². The summed E-state index contributed by atoms with van der Waals surface area (Å²) in [4.78, 5) is 15.3. The second kappa shape index (κ2) is 6.10. The summed E-state index contributed by atoms with van der Waals surface area (Å²) >= 11 is 1.15. The molecule has 0 aliphatic rings. The summed E-state index contributed by atoms with van der Waals surface area (Å²) in [6.07, 6.45) is 2.13. The van der Waals surface area contributed by atoms with E-state index in [1.54, 1.807) is 29.8 Å². The third kappa shape index (κ3) is 2.77. The number of pyridine rings is 1. The number of thioether (sulfide) groups is 1. The zero-order valence-electron chi connectivity index (χ0n) is 11.7. The number of rotatable bonds is 5. The topological polar surface area (TPSA) is 96.1 Å². The fourth-order valence-corrected chi connectivity index (χ4v) is 2.76. The highest BCUT2D eigenvalue weighted by Gasteiger charge is 2.14. The third-order valence-corrected chi connectivity index (χ3v) is 4.30. The maximum absolute atomic E-state index is 11.0. The predicted octanol–water partition coefficient (Wildman–Crippen LogP) is 0.807. The smallest absolute Gasteiger partial charge is 0.203 e. The van der Waals surface area contributed by atoms with E-state index in [0.29, 0.717) is 28.6 Å². The molecule has 0 saturated carbocycles. The minimum atomic E-state index is -1.09. The molecule has 3 rings (SSSR count). The summed E-state index contributed by atoms with van der Waals surface area (Å²) in [5, 5.41) is 23.5. The van der Waals surface area contributed by atoms with Crippen LogP contribution in [0.5, 0.6) is 0 Å². The van der Waals surface area contributed by atoms with Gasteiger partial charge >= 0.3 is 0 Å². The predicted molar refractivity (Wildman–Crippen MR) is 79.0 cm³/mol. The summed E-state index contributed by atoms with van der Waals surface area (Å²) in [6, 6.07) is 8.95. The van der Waals surface area contributed by atoms with E-state index in [2.05, 4.69) is 20.3 Å². The number of hydrogen-bond donors (Lipinski definition) is 0. The van der Waals surface area contributed by atoms with Gasteiger partial charge in [-0.15, -0.1) is 10.2 Å². The molecule has 0 aromatic carbocycles. The number of carboxylic acids is 1. The van der Waals surface area contributed by atoms with E-state index in [9.17, 15) is 9.90 Å². The second-order valence-electron chi connectivity index (χ2n) is 4.51. The van der Waals surface area contributed by atoms with Crippen LogP contribution in [0.25, 0.3) is 17.2 Å². The fourth-order valence-electron chi connectivity index (χ4n) is 1.93. The van der Waals surface area contributed by atoms with Crippen LogP contribution in [0.15, 0.2) is 41.6 Å². The van der Waals surface area contributed by atoms with Crippen molar-refractivity contribution in [2.24, 2.45) is 0 Å². The van der Waals surface area contributed by atoms with Gasteiger partial charge in [0, 0.05) is 6.20 Å². The van der Waals surface area contributed by atoms with Crippen molar-refractivity contribution in [1.29, 1.82) is 0 Å². The highest BCUT2D eigenvalue weighted by molar-refractivity contribution is 8.00. The van der Waals surface area contributed by atoms with Gasteiger partial charge in [0.05, 0.1) is 11.2 Å². The molecule has 0 saturated heterocycles. The van der Waals surface area contributed by atoms with Crippen molar-refractivity contribution < 1.29 is 9.90 Å². The zero-order chi connectivity index (χ0) is 15.5. The molecular formula is C14H12N5O2S-. The Balaban J connectivity index is 2.00. The normalized spacial score (nSPS) is 12.4. The summed E-state index contributed by atoms with van der Waals surface area (Å²) < 4.78 is 1.56. The number of carbonyl (C=O) groups excluding carboxylic acids is 1. The van der Waals surface area contributed by atoms with E-state index in [1.165, 1.54) is 0 Å². The van der Waals surface area contributed by atoms with Crippen LogP contribution in [0.2, 0.25) is 0 Å². The first-order valence-electron chi connectivity index (χ1n) is 6.70. The van der Waals surface area contributed by atoms with Gasteiger partial charge < -0.3 is 9.90 Å². The molecule has 0 amide bonds. The van der Waals surface area contributed by atoms with Crippen molar-refractivity contribution in [2.45, 2.75) is 23.6 Å². The molecule has 7 nitrogen and oxygen atoms in total. The van der Waals surface area contributed by atoms with Gasteiger partial charge in [0.2, 0.25) is 5.82 Å². The molecule has 0 aliphatic heterocycles. The maximum Gasteiger partial charge on any atom is 0.203 e. The number of fused-ring (bicyclic) bond motifs is 1. The first-order chi connectivity index (χ1) is 10.7. The van der Waals surface area contributed by atoms with Gasteiger partial charge in [-0.3, -0.25) is 4.98 Å². The second-order valence-corrected chi connectivity index (χ2v) is 5.74. The molecule has 0 spiro atoms. The van der Waals surface area contributed by atoms with Crippen LogP contribution < -0.4 is 5.11 Å². The molecular weight excluding hydrogens is 302 g/mol. The number of nitrogens with zero attached hydrogens (tertiary/aromatic N) is 5. The lowest BCUT2D eigenvalue weighted by Crippen LogP contribution is -2.33. The number of hydrogen-bond acceptors (Lipinski definition) is 7. The summed E-state index contributed by atoms with van der Waals surface area (Å²) in [7, 11) is 0. The average molecular weight is 314 g/mol. The largest absolute Gasteiger partial charge is 0.549 e. The van der Waals surface area contributed by atoms with E-state index in [1.807, 2.05) is 18.2 Å². The molecule has 1 atom stereocenters. The Morgan fingerprint density at radius 1 is 1.32 bits per heavy atom. The SMILES string of the molecule is CC[C@H](Sc1ccc2nnc(-c3ccccn3)n2n1)C(=O)[O-]. The Morgan fingerprint density at radius 2 is 2.18 bits per heavy atom. The van der Waals surface area contributed by atoms with Gasteiger partial charge in [-0.1, -0.05) is 24.8 Å². The lowest BCUT2D eigenvalue weighted by atomic mass is 10.3. The molecule has 0 aliphatic carbocycles. The van der Waals surface area contributed by atoms with Crippen molar-refractivity contribution in [3.8, 4) is 11.5 Å². The minimum Gasteiger partial charge on any atom is -0.549 e. The lowest BCUT2D eigenvalue weighted by Gasteiger charge is -2.14. The molecule has 0 unspecified atom stereocenters. The Morgan fingerprint density at radius 3 is 2.86 bits per heavy atom. The average Bonchev–Trinajstić information content (AvgIpc) is 2.96. The molecule has 0 fully saturated rings. The molecule has 3 aromatic rings. The van der Waals surface area contributed by atoms with Gasteiger partial charge in [-0.2, -0.15) is 9.61 Å². The molecule has 112 valence electrons. The van der Waals surface area contributed by atoms with E-state index in [0.717, 1.165) is 11.8 Å². The van der Waals surface area contributed by atoms with Crippen molar-refractivity contribution in [2.75, 3.05) is 0 Å². The lowest BCUT2D eigenvalue weighted by molar-refractivity contribution is -0.304. The van der Waals surface area contributed by atoms with Gasteiger partial charge in [-0.05, 0) is 30.7 Å². The van der Waals surface area contributed by atoms with Crippen LogP contribution in [0.1, 0.15) is 13.3 Å². The van der Waals surface area contributed by atoms with E-state index >= 15 is 0 Å². The third-order valence-electron chi connectivity index (χ3n) is 3.03. The number of carbonyl (C=O) groups is 1. The Kier molecular flexibility index (Phi) is 4.01. The van der Waals surface area contributed by atoms with Crippen LogP contribution in [0, 0.1) is 0 Å². The van der Waals surface area contributed by atoms with Crippen LogP contribution in [0.4, 0.5) is 0 Å². The van der Waals surface area contributed by atoms with E-state index < -0.39 is 11.2 Å². The van der Waals surface area contributed by atoms with Gasteiger partial charge in [0.1, 0.15) is 10.7 Å². The molecule has 3 heterocycles. The van der Waals surface area contributed by atoms with Crippen LogP contribution in [-0.4, -0.2) is 36.0 Å². The molecule has 8 heteroatoms. The van der Waals surface area contributed by atoms with E-state index in [4.69, 9.17) is 0 Å². The van der Waals surface area contributed by atoms with Gasteiger partial charge in [-0.25, -0.2) is 0 Å². The fraction of sp³-hybridized carbons (Fsp3) is 0.214. The Bertz CT molecular complexity index is 805. The quantitative estimate of drug-likeness (QED) is 0.643. The summed E-state index contributed by atoms with van der Waals surface area (Å²) in [6.45, 7) is 1.80. The van der Waals surface area contributed by atoms with Gasteiger partial charge in [0.15, 0.2) is 5.65 Å². The van der Waals surface area contributed by atoms with Crippen molar-refractivity contribution in [3.63, 3.8) is 0 Å². The number of carboxylic acid groups (broad SMARTS) is 1. The minimum absolute atomic E-state index is 0.460. The maximum atomic E-state index is 11.0. The molecule has 22 heavy (non-hydrogen) atoms. The summed E-state index contributed by atoms with van der Waals surface area (Å²) in [5.41, 5.74) is 1.23. The highest BCUT2D eigenvalue weighted by atomic mass is 32.2. The highest BCUT2D eigenvalue weighted by Crippen LogP contribution is 2.24. The monoisotopic (exact) mass is 314 g/mol. The van der Waals surface area contributed by atoms with Crippen molar-refractivity contribution >= 4 is 23.4 Å². The first kappa shape index (κ1) is 14.5. The zero-order valence-corrected chi connectivity index (χ0v) is 12.5. The van der Waals surface area contributed by atoms with Crippen LogP contribution >= 0.6 is 11.8 Å². The Hall–Kier alpha value is -2.48. The Labute approximate surface area is 130 Å². The molecule has 3 aromatic heterocycles. The number of aliphatic carboxylic acids is 1.